The van der Waals surface area contributed by atoms with Gasteiger partial charge in [-0.1, -0.05) is 48.5 Å². The molecule has 2 aromatic carbocycles. The molecule has 0 aliphatic carbocycles. The molecule has 2 unspecified atom stereocenters. The van der Waals surface area contributed by atoms with Crippen molar-refractivity contribution < 1.29 is 9.59 Å². The molecule has 1 heterocycles. The summed E-state index contributed by atoms with van der Waals surface area (Å²) in [6, 6.07) is 19.0. The van der Waals surface area contributed by atoms with Crippen molar-refractivity contribution in [3.05, 3.63) is 66.2 Å². The number of urea groups is 1. The zero-order valence-electron chi connectivity index (χ0n) is 14.6. The molecule has 3 rings (SSSR count). The van der Waals surface area contributed by atoms with Gasteiger partial charge in [0.2, 0.25) is 5.91 Å². The lowest BCUT2D eigenvalue weighted by Crippen LogP contribution is -2.44. The Kier molecular flexibility index (Phi) is 5.03. The van der Waals surface area contributed by atoms with E-state index < -0.39 is 0 Å². The van der Waals surface area contributed by atoms with Gasteiger partial charge in [-0.2, -0.15) is 0 Å². The van der Waals surface area contributed by atoms with Crippen LogP contribution in [0.25, 0.3) is 0 Å². The minimum Gasteiger partial charge on any atom is -0.334 e. The molecule has 2 aromatic rings. The van der Waals surface area contributed by atoms with Gasteiger partial charge >= 0.3 is 6.03 Å². The third-order valence-electron chi connectivity index (χ3n) is 4.68. The summed E-state index contributed by atoms with van der Waals surface area (Å²) in [5.41, 5.74) is 1.92. The van der Waals surface area contributed by atoms with Crippen molar-refractivity contribution in [1.82, 2.24) is 10.2 Å². The largest absolute Gasteiger partial charge is 0.334 e. The first-order valence-corrected chi connectivity index (χ1v) is 8.50. The smallest absolute Gasteiger partial charge is 0.321 e. The van der Waals surface area contributed by atoms with Crippen LogP contribution in [-0.2, 0) is 4.79 Å². The van der Waals surface area contributed by atoms with Gasteiger partial charge in [-0.3, -0.25) is 9.69 Å². The average molecular weight is 337 g/mol. The second-order valence-corrected chi connectivity index (χ2v) is 6.38. The third kappa shape index (κ3) is 3.82. The number of carbonyl (C=O) groups excluding carboxylic acids is 2. The van der Waals surface area contributed by atoms with E-state index in [0.717, 1.165) is 11.3 Å². The lowest BCUT2D eigenvalue weighted by molar-refractivity contribution is -0.129. The molecule has 0 spiro atoms. The summed E-state index contributed by atoms with van der Waals surface area (Å²) in [6.07, 6.45) is 0.339. The number of amides is 3. The van der Waals surface area contributed by atoms with Crippen LogP contribution < -0.4 is 10.2 Å². The number of benzene rings is 2. The van der Waals surface area contributed by atoms with E-state index in [9.17, 15) is 9.59 Å². The molecule has 3 amide bonds. The van der Waals surface area contributed by atoms with Gasteiger partial charge in [0.05, 0.1) is 12.1 Å². The second-order valence-electron chi connectivity index (χ2n) is 6.38. The van der Waals surface area contributed by atoms with E-state index in [2.05, 4.69) is 5.32 Å². The van der Waals surface area contributed by atoms with Crippen LogP contribution in [0.5, 0.6) is 0 Å². The standard InChI is InChI=1S/C20H23N3O2/c1-15(16-9-5-3-6-10-16)23-14-17(13-19(23)24)21-20(25)22(2)18-11-7-4-8-12-18/h3-12,15,17H,13-14H2,1-2H3,(H,21,25). The Hall–Kier alpha value is -2.82. The van der Waals surface area contributed by atoms with Crippen LogP contribution in [0.1, 0.15) is 24.9 Å². The van der Waals surface area contributed by atoms with Crippen molar-refractivity contribution in [3.8, 4) is 0 Å². The maximum Gasteiger partial charge on any atom is 0.321 e. The van der Waals surface area contributed by atoms with Crippen LogP contribution in [0.2, 0.25) is 0 Å². The molecule has 2 atom stereocenters. The molecule has 0 bridgehead atoms. The first-order chi connectivity index (χ1) is 12.1. The van der Waals surface area contributed by atoms with Crippen molar-refractivity contribution >= 4 is 17.6 Å². The molecule has 25 heavy (non-hydrogen) atoms. The Balaban J connectivity index is 1.62. The minimum absolute atomic E-state index is 0.00227. The van der Waals surface area contributed by atoms with Gasteiger partial charge in [0.25, 0.3) is 0 Å². The quantitative estimate of drug-likeness (QED) is 0.931. The molecule has 1 aliphatic heterocycles. The highest BCUT2D eigenvalue weighted by molar-refractivity contribution is 5.92. The molecule has 5 nitrogen and oxygen atoms in total. The lowest BCUT2D eigenvalue weighted by Gasteiger charge is -2.26. The summed E-state index contributed by atoms with van der Waals surface area (Å²) >= 11 is 0. The monoisotopic (exact) mass is 337 g/mol. The number of carbonyl (C=O) groups is 2. The van der Waals surface area contributed by atoms with Gasteiger partial charge in [0.1, 0.15) is 0 Å². The topological polar surface area (TPSA) is 52.7 Å². The molecule has 1 saturated heterocycles. The SMILES string of the molecule is CC(c1ccccc1)N1CC(NC(=O)N(C)c2ccccc2)CC1=O. The molecule has 1 aliphatic rings. The van der Waals surface area contributed by atoms with Crippen LogP contribution in [0.15, 0.2) is 60.7 Å². The van der Waals surface area contributed by atoms with Crippen LogP contribution in [0, 0.1) is 0 Å². The molecule has 5 heteroatoms. The van der Waals surface area contributed by atoms with E-state index in [-0.39, 0.29) is 24.0 Å². The maximum absolute atomic E-state index is 12.4. The second kappa shape index (κ2) is 7.38. The van der Waals surface area contributed by atoms with Gasteiger partial charge in [-0.25, -0.2) is 4.79 Å². The fourth-order valence-electron chi connectivity index (χ4n) is 3.15. The molecular formula is C20H23N3O2. The summed E-state index contributed by atoms with van der Waals surface area (Å²) < 4.78 is 0. The summed E-state index contributed by atoms with van der Waals surface area (Å²) in [4.78, 5) is 28.2. The Morgan fingerprint density at radius 3 is 2.36 bits per heavy atom. The summed E-state index contributed by atoms with van der Waals surface area (Å²) in [7, 11) is 1.73. The van der Waals surface area contributed by atoms with Crippen molar-refractivity contribution in [2.75, 3.05) is 18.5 Å². The fourth-order valence-corrected chi connectivity index (χ4v) is 3.15. The van der Waals surface area contributed by atoms with Gasteiger partial charge in [0.15, 0.2) is 0 Å². The van der Waals surface area contributed by atoms with Gasteiger partial charge in [0, 0.05) is 25.7 Å². The number of rotatable bonds is 4. The zero-order valence-corrected chi connectivity index (χ0v) is 14.6. The Morgan fingerprint density at radius 2 is 1.72 bits per heavy atom. The number of hydrogen-bond donors (Lipinski definition) is 1. The van der Waals surface area contributed by atoms with Crippen molar-refractivity contribution in [2.24, 2.45) is 0 Å². The highest BCUT2D eigenvalue weighted by Gasteiger charge is 2.34. The number of hydrogen-bond acceptors (Lipinski definition) is 2. The van der Waals surface area contributed by atoms with Crippen LogP contribution in [0.3, 0.4) is 0 Å². The van der Waals surface area contributed by atoms with Crippen molar-refractivity contribution in [2.45, 2.75) is 25.4 Å². The molecule has 1 fully saturated rings. The average Bonchev–Trinajstić information content (AvgIpc) is 3.02. The molecule has 130 valence electrons. The van der Waals surface area contributed by atoms with E-state index >= 15 is 0 Å². The Labute approximate surface area is 148 Å². The fraction of sp³-hybridized carbons (Fsp3) is 0.300. The highest BCUT2D eigenvalue weighted by atomic mass is 16.2. The van der Waals surface area contributed by atoms with Crippen LogP contribution >= 0.6 is 0 Å². The normalized spacial score (nSPS) is 18.1. The minimum atomic E-state index is -0.196. The van der Waals surface area contributed by atoms with E-state index in [1.807, 2.05) is 72.5 Å². The number of anilines is 1. The van der Waals surface area contributed by atoms with E-state index in [4.69, 9.17) is 0 Å². The van der Waals surface area contributed by atoms with Crippen molar-refractivity contribution in [3.63, 3.8) is 0 Å². The van der Waals surface area contributed by atoms with E-state index in [1.54, 1.807) is 11.9 Å². The summed E-state index contributed by atoms with van der Waals surface area (Å²) in [6.45, 7) is 2.55. The first kappa shape index (κ1) is 17.0. The Morgan fingerprint density at radius 1 is 1.12 bits per heavy atom. The molecule has 0 aromatic heterocycles. The van der Waals surface area contributed by atoms with E-state index in [0.29, 0.717) is 13.0 Å². The molecule has 0 saturated carbocycles. The molecule has 0 radical (unpaired) electrons. The van der Waals surface area contributed by atoms with Gasteiger partial charge in [-0.15, -0.1) is 0 Å². The predicted octanol–water partition coefficient (Wildman–Crippen LogP) is 3.19. The molecular weight excluding hydrogens is 314 g/mol. The zero-order chi connectivity index (χ0) is 17.8. The highest BCUT2D eigenvalue weighted by Crippen LogP contribution is 2.25. The van der Waals surface area contributed by atoms with Gasteiger partial charge in [-0.05, 0) is 24.6 Å². The predicted molar refractivity (Wildman–Crippen MR) is 98.4 cm³/mol. The van der Waals surface area contributed by atoms with E-state index in [1.165, 1.54) is 0 Å². The molecule has 1 N–H and O–H groups in total. The van der Waals surface area contributed by atoms with Crippen LogP contribution in [-0.4, -0.2) is 36.5 Å². The van der Waals surface area contributed by atoms with Crippen LogP contribution in [0.4, 0.5) is 10.5 Å². The third-order valence-corrected chi connectivity index (χ3v) is 4.68. The summed E-state index contributed by atoms with van der Waals surface area (Å²) in [5.74, 6) is 0.0732. The number of likely N-dealkylation sites (tertiary alicyclic amines) is 1. The van der Waals surface area contributed by atoms with Gasteiger partial charge < -0.3 is 10.2 Å². The number of para-hydroxylation sites is 1. The first-order valence-electron chi connectivity index (χ1n) is 8.50. The lowest BCUT2D eigenvalue weighted by atomic mass is 10.1. The maximum atomic E-state index is 12.4. The number of nitrogens with one attached hydrogen (secondary N) is 1. The number of nitrogens with zero attached hydrogens (tertiary/aromatic N) is 2. The Bertz CT molecular complexity index is 733. The summed E-state index contributed by atoms with van der Waals surface area (Å²) in [5, 5.41) is 2.97. The van der Waals surface area contributed by atoms with Crippen molar-refractivity contribution in [1.29, 1.82) is 0 Å².